The van der Waals surface area contributed by atoms with E-state index in [4.69, 9.17) is 0 Å². The minimum absolute atomic E-state index is 0.297. The van der Waals surface area contributed by atoms with Gasteiger partial charge in [0.05, 0.1) is 11.6 Å². The molecule has 1 unspecified atom stereocenters. The molecule has 110 valence electrons. The standard InChI is InChI=1S/C18H18N4/c1-12-9-16-17(19-10-12)18(21-11-20-16)22-15-8-4-6-13-5-2-3-7-14(13)15/h2-3,5,7,9-11,15H,4,6,8H2,1H3,(H,20,21,22). The maximum Gasteiger partial charge on any atom is 0.156 e. The maximum absolute atomic E-state index is 4.51. The van der Waals surface area contributed by atoms with Crippen molar-refractivity contribution in [2.24, 2.45) is 0 Å². The van der Waals surface area contributed by atoms with Crippen LogP contribution in [0.5, 0.6) is 0 Å². The van der Waals surface area contributed by atoms with Crippen LogP contribution in [-0.4, -0.2) is 15.0 Å². The van der Waals surface area contributed by atoms with Crippen molar-refractivity contribution in [1.29, 1.82) is 0 Å². The Bertz CT molecular complexity index is 828. The molecule has 2 heterocycles. The molecule has 0 spiro atoms. The minimum Gasteiger partial charge on any atom is -0.361 e. The van der Waals surface area contributed by atoms with Gasteiger partial charge in [-0.3, -0.25) is 4.98 Å². The highest BCUT2D eigenvalue weighted by Gasteiger charge is 2.20. The topological polar surface area (TPSA) is 50.7 Å². The molecule has 0 saturated carbocycles. The molecule has 0 aliphatic heterocycles. The first-order chi connectivity index (χ1) is 10.8. The lowest BCUT2D eigenvalue weighted by molar-refractivity contribution is 0.599. The molecule has 22 heavy (non-hydrogen) atoms. The molecule has 3 aromatic rings. The lowest BCUT2D eigenvalue weighted by Crippen LogP contribution is -2.18. The molecule has 0 amide bonds. The van der Waals surface area contributed by atoms with E-state index in [1.54, 1.807) is 6.33 Å². The second-order valence-corrected chi connectivity index (χ2v) is 5.89. The van der Waals surface area contributed by atoms with Gasteiger partial charge in [-0.2, -0.15) is 0 Å². The zero-order valence-corrected chi connectivity index (χ0v) is 12.6. The number of hydrogen-bond acceptors (Lipinski definition) is 4. The molecule has 0 fully saturated rings. The van der Waals surface area contributed by atoms with Gasteiger partial charge in [-0.25, -0.2) is 9.97 Å². The molecule has 4 nitrogen and oxygen atoms in total. The van der Waals surface area contributed by atoms with E-state index < -0.39 is 0 Å². The summed E-state index contributed by atoms with van der Waals surface area (Å²) in [4.78, 5) is 13.3. The normalized spacial score (nSPS) is 17.2. The molecule has 0 saturated heterocycles. The van der Waals surface area contributed by atoms with Gasteiger partial charge in [0, 0.05) is 6.20 Å². The van der Waals surface area contributed by atoms with Crippen LogP contribution in [0.4, 0.5) is 5.82 Å². The van der Waals surface area contributed by atoms with Gasteiger partial charge in [-0.15, -0.1) is 0 Å². The zero-order valence-electron chi connectivity index (χ0n) is 12.6. The van der Waals surface area contributed by atoms with Crippen molar-refractivity contribution in [2.45, 2.75) is 32.2 Å². The number of fused-ring (bicyclic) bond motifs is 2. The second kappa shape index (κ2) is 5.37. The number of hydrogen-bond donors (Lipinski definition) is 1. The molecule has 1 aromatic carbocycles. The van der Waals surface area contributed by atoms with Crippen molar-refractivity contribution in [3.05, 3.63) is 59.5 Å². The molecule has 1 aliphatic carbocycles. The highest BCUT2D eigenvalue weighted by Crippen LogP contribution is 2.33. The van der Waals surface area contributed by atoms with Gasteiger partial charge < -0.3 is 5.32 Å². The highest BCUT2D eigenvalue weighted by atomic mass is 15.1. The Labute approximate surface area is 129 Å². The van der Waals surface area contributed by atoms with Crippen LogP contribution in [0.3, 0.4) is 0 Å². The summed E-state index contributed by atoms with van der Waals surface area (Å²) in [5.74, 6) is 0.826. The number of rotatable bonds is 2. The van der Waals surface area contributed by atoms with E-state index >= 15 is 0 Å². The van der Waals surface area contributed by atoms with Crippen LogP contribution in [0.2, 0.25) is 0 Å². The molecular weight excluding hydrogens is 272 g/mol. The Balaban J connectivity index is 1.73. The van der Waals surface area contributed by atoms with Crippen LogP contribution in [0, 0.1) is 6.92 Å². The van der Waals surface area contributed by atoms with Crippen LogP contribution in [0.25, 0.3) is 11.0 Å². The van der Waals surface area contributed by atoms with Gasteiger partial charge in [-0.1, -0.05) is 24.3 Å². The number of pyridine rings is 1. The zero-order chi connectivity index (χ0) is 14.9. The molecule has 0 bridgehead atoms. The smallest absolute Gasteiger partial charge is 0.156 e. The van der Waals surface area contributed by atoms with Crippen LogP contribution >= 0.6 is 0 Å². The summed E-state index contributed by atoms with van der Waals surface area (Å²) in [6, 6.07) is 11.0. The average Bonchev–Trinajstić information content (AvgIpc) is 2.55. The fraction of sp³-hybridized carbons (Fsp3) is 0.278. The molecule has 4 rings (SSSR count). The van der Waals surface area contributed by atoms with Crippen molar-refractivity contribution >= 4 is 16.9 Å². The lowest BCUT2D eigenvalue weighted by atomic mass is 9.88. The van der Waals surface area contributed by atoms with Gasteiger partial charge in [0.15, 0.2) is 5.82 Å². The summed E-state index contributed by atoms with van der Waals surface area (Å²) >= 11 is 0. The number of aryl methyl sites for hydroxylation is 2. The average molecular weight is 290 g/mol. The largest absolute Gasteiger partial charge is 0.361 e. The van der Waals surface area contributed by atoms with Gasteiger partial charge in [0.25, 0.3) is 0 Å². The van der Waals surface area contributed by atoms with Gasteiger partial charge in [0.2, 0.25) is 0 Å². The molecule has 0 radical (unpaired) electrons. The monoisotopic (exact) mass is 290 g/mol. The quantitative estimate of drug-likeness (QED) is 0.779. The van der Waals surface area contributed by atoms with E-state index in [0.717, 1.165) is 35.3 Å². The first-order valence-electron chi connectivity index (χ1n) is 7.73. The number of benzene rings is 1. The molecule has 1 atom stereocenters. The maximum atomic E-state index is 4.51. The van der Waals surface area contributed by atoms with Crippen molar-refractivity contribution < 1.29 is 0 Å². The number of aromatic nitrogens is 3. The highest BCUT2D eigenvalue weighted by molar-refractivity contribution is 5.85. The van der Waals surface area contributed by atoms with Crippen molar-refractivity contribution in [3.63, 3.8) is 0 Å². The second-order valence-electron chi connectivity index (χ2n) is 5.89. The van der Waals surface area contributed by atoms with Crippen molar-refractivity contribution in [3.8, 4) is 0 Å². The van der Waals surface area contributed by atoms with Crippen LogP contribution < -0.4 is 5.32 Å². The predicted molar refractivity (Wildman–Crippen MR) is 87.8 cm³/mol. The fourth-order valence-corrected chi connectivity index (χ4v) is 3.22. The Morgan fingerprint density at radius 2 is 2.05 bits per heavy atom. The summed E-state index contributed by atoms with van der Waals surface area (Å²) in [6.07, 6.45) is 6.96. The van der Waals surface area contributed by atoms with E-state index in [2.05, 4.69) is 44.5 Å². The molecule has 4 heteroatoms. The SMILES string of the molecule is Cc1cnc2c(NC3CCCc4ccccc43)ncnc2c1. The third kappa shape index (κ3) is 2.30. The third-order valence-electron chi connectivity index (χ3n) is 4.29. The third-order valence-corrected chi connectivity index (χ3v) is 4.29. The molecule has 1 aliphatic rings. The van der Waals surface area contributed by atoms with E-state index in [1.165, 1.54) is 17.5 Å². The minimum atomic E-state index is 0.297. The summed E-state index contributed by atoms with van der Waals surface area (Å²) in [6.45, 7) is 2.03. The molecule has 1 N–H and O–H groups in total. The summed E-state index contributed by atoms with van der Waals surface area (Å²) < 4.78 is 0. The van der Waals surface area contributed by atoms with Crippen molar-refractivity contribution in [1.82, 2.24) is 15.0 Å². The van der Waals surface area contributed by atoms with Crippen LogP contribution in [0.15, 0.2) is 42.9 Å². The van der Waals surface area contributed by atoms with Gasteiger partial charge in [-0.05, 0) is 48.9 Å². The summed E-state index contributed by atoms with van der Waals surface area (Å²) in [5.41, 5.74) is 5.67. The van der Waals surface area contributed by atoms with E-state index in [-0.39, 0.29) is 0 Å². The van der Waals surface area contributed by atoms with E-state index in [1.807, 2.05) is 19.2 Å². The van der Waals surface area contributed by atoms with Gasteiger partial charge in [0.1, 0.15) is 11.8 Å². The summed E-state index contributed by atoms with van der Waals surface area (Å²) in [7, 11) is 0. The molecular formula is C18H18N4. The Morgan fingerprint density at radius 1 is 1.14 bits per heavy atom. The Hall–Kier alpha value is -2.49. The first kappa shape index (κ1) is 13.2. The fourth-order valence-electron chi connectivity index (χ4n) is 3.22. The van der Waals surface area contributed by atoms with E-state index in [0.29, 0.717) is 6.04 Å². The van der Waals surface area contributed by atoms with Crippen LogP contribution in [-0.2, 0) is 6.42 Å². The van der Waals surface area contributed by atoms with Gasteiger partial charge >= 0.3 is 0 Å². The Kier molecular flexibility index (Phi) is 3.22. The molecule has 2 aromatic heterocycles. The number of anilines is 1. The predicted octanol–water partition coefficient (Wildman–Crippen LogP) is 3.82. The van der Waals surface area contributed by atoms with E-state index in [9.17, 15) is 0 Å². The lowest BCUT2D eigenvalue weighted by Gasteiger charge is -2.26. The number of nitrogens with zero attached hydrogens (tertiary/aromatic N) is 3. The van der Waals surface area contributed by atoms with Crippen molar-refractivity contribution in [2.75, 3.05) is 5.32 Å². The van der Waals surface area contributed by atoms with Crippen LogP contribution in [0.1, 0.15) is 35.6 Å². The summed E-state index contributed by atoms with van der Waals surface area (Å²) in [5, 5.41) is 3.59. The number of nitrogens with one attached hydrogen (secondary N) is 1. The first-order valence-corrected chi connectivity index (χ1v) is 7.73. The Morgan fingerprint density at radius 3 is 3.00 bits per heavy atom.